The average molecular weight is 326 g/mol. The molecule has 0 spiro atoms. The van der Waals surface area contributed by atoms with Gasteiger partial charge in [-0.05, 0) is 25.1 Å². The number of nitrogens with zero attached hydrogens (tertiary/aromatic N) is 2. The zero-order valence-electron chi connectivity index (χ0n) is 12.7. The molecule has 7 heteroatoms. The molecule has 0 fully saturated rings. The second-order valence-corrected chi connectivity index (χ2v) is 7.03. The minimum absolute atomic E-state index is 0.238. The normalized spacial score (nSPS) is 14.0. The Balaban J connectivity index is 1.99. The van der Waals surface area contributed by atoms with E-state index < -0.39 is 0 Å². The minimum Gasteiger partial charge on any atom is -0.363 e. The summed E-state index contributed by atoms with van der Waals surface area (Å²) in [6.07, 6.45) is 1.44. The van der Waals surface area contributed by atoms with E-state index in [0.717, 1.165) is 30.3 Å². The third-order valence-corrected chi connectivity index (χ3v) is 4.47. The van der Waals surface area contributed by atoms with Crippen LogP contribution in [0.3, 0.4) is 0 Å². The summed E-state index contributed by atoms with van der Waals surface area (Å²) in [5.74, 6) is 0.636. The van der Waals surface area contributed by atoms with E-state index in [1.807, 2.05) is 11.8 Å². The van der Waals surface area contributed by atoms with Crippen LogP contribution < -0.4 is 10.6 Å². The first-order valence-corrected chi connectivity index (χ1v) is 8.53. The molecule has 0 aliphatic carbocycles. The van der Waals surface area contributed by atoms with Crippen LogP contribution in [0.5, 0.6) is 0 Å². The summed E-state index contributed by atoms with van der Waals surface area (Å²) in [6, 6.07) is 0. The topological polar surface area (TPSA) is 57.3 Å². The standard InChI is InChI=1S/C14H22N4OS2/c1-4-15-13(20)17-14-16-10-5-6-18(8-11(10)21-14)12(19)7-9(2)3/h9H,4-8H2,1-3H3,(H2,15,16,17,20). The van der Waals surface area contributed by atoms with E-state index in [2.05, 4.69) is 29.5 Å². The second kappa shape index (κ2) is 7.17. The first kappa shape index (κ1) is 16.2. The SMILES string of the molecule is CCNC(=S)Nc1nc2c(s1)CN(C(=O)CC(C)C)CC2. The van der Waals surface area contributed by atoms with Gasteiger partial charge in [0.05, 0.1) is 12.2 Å². The Labute approximate surface area is 135 Å². The van der Waals surface area contributed by atoms with Crippen LogP contribution >= 0.6 is 23.6 Å². The molecule has 116 valence electrons. The summed E-state index contributed by atoms with van der Waals surface area (Å²) < 4.78 is 0. The molecule has 0 unspecified atom stereocenters. The molecular formula is C14H22N4OS2. The molecule has 1 aromatic heterocycles. The van der Waals surface area contributed by atoms with Crippen LogP contribution in [0.1, 0.15) is 37.8 Å². The lowest BCUT2D eigenvalue weighted by Crippen LogP contribution is -2.36. The van der Waals surface area contributed by atoms with Crippen LogP contribution in [-0.2, 0) is 17.8 Å². The van der Waals surface area contributed by atoms with Crippen LogP contribution in [0.2, 0.25) is 0 Å². The van der Waals surface area contributed by atoms with E-state index in [-0.39, 0.29) is 5.91 Å². The molecule has 0 saturated heterocycles. The van der Waals surface area contributed by atoms with Gasteiger partial charge in [-0.3, -0.25) is 4.79 Å². The molecule has 2 N–H and O–H groups in total. The molecular weight excluding hydrogens is 304 g/mol. The van der Waals surface area contributed by atoms with Gasteiger partial charge >= 0.3 is 0 Å². The summed E-state index contributed by atoms with van der Waals surface area (Å²) >= 11 is 6.75. The molecule has 1 amide bonds. The average Bonchev–Trinajstić information content (AvgIpc) is 2.78. The van der Waals surface area contributed by atoms with Crippen LogP contribution in [0.25, 0.3) is 0 Å². The Kier molecular flexibility index (Phi) is 5.52. The zero-order chi connectivity index (χ0) is 15.4. The number of hydrogen-bond donors (Lipinski definition) is 2. The van der Waals surface area contributed by atoms with Gasteiger partial charge in [0.25, 0.3) is 0 Å². The van der Waals surface area contributed by atoms with Gasteiger partial charge in [-0.15, -0.1) is 0 Å². The maximum atomic E-state index is 12.2. The van der Waals surface area contributed by atoms with Crippen LogP contribution in [-0.4, -0.2) is 34.0 Å². The molecule has 2 rings (SSSR count). The van der Waals surface area contributed by atoms with E-state index in [9.17, 15) is 4.79 Å². The number of rotatable bonds is 4. The predicted octanol–water partition coefficient (Wildman–Crippen LogP) is 2.38. The molecule has 0 saturated carbocycles. The largest absolute Gasteiger partial charge is 0.363 e. The highest BCUT2D eigenvalue weighted by Gasteiger charge is 2.24. The quantitative estimate of drug-likeness (QED) is 0.832. The number of aromatic nitrogens is 1. The van der Waals surface area contributed by atoms with Crippen molar-refractivity contribution in [1.82, 2.24) is 15.2 Å². The van der Waals surface area contributed by atoms with Gasteiger partial charge in [-0.2, -0.15) is 0 Å². The van der Waals surface area contributed by atoms with Gasteiger partial charge in [0.15, 0.2) is 10.2 Å². The number of fused-ring (bicyclic) bond motifs is 1. The van der Waals surface area contributed by atoms with E-state index >= 15 is 0 Å². The molecule has 2 heterocycles. The van der Waals surface area contributed by atoms with Crippen molar-refractivity contribution in [2.75, 3.05) is 18.4 Å². The van der Waals surface area contributed by atoms with E-state index in [4.69, 9.17) is 12.2 Å². The van der Waals surface area contributed by atoms with Crippen molar-refractivity contribution in [3.8, 4) is 0 Å². The summed E-state index contributed by atoms with van der Waals surface area (Å²) in [5.41, 5.74) is 1.09. The van der Waals surface area contributed by atoms with Crippen molar-refractivity contribution >= 4 is 39.7 Å². The highest BCUT2D eigenvalue weighted by molar-refractivity contribution is 7.80. The van der Waals surface area contributed by atoms with Gasteiger partial charge in [0.2, 0.25) is 5.91 Å². The number of amides is 1. The minimum atomic E-state index is 0.238. The second-order valence-electron chi connectivity index (χ2n) is 5.54. The highest BCUT2D eigenvalue weighted by atomic mass is 32.1. The lowest BCUT2D eigenvalue weighted by molar-refractivity contribution is -0.132. The van der Waals surface area contributed by atoms with Crippen molar-refractivity contribution in [3.05, 3.63) is 10.6 Å². The number of carbonyl (C=O) groups is 1. The predicted molar refractivity (Wildman–Crippen MR) is 90.6 cm³/mol. The number of nitrogens with one attached hydrogen (secondary N) is 2. The Bertz CT molecular complexity index is 527. The summed E-state index contributed by atoms with van der Waals surface area (Å²) in [4.78, 5) is 19.8. The van der Waals surface area contributed by atoms with Crippen molar-refractivity contribution in [2.24, 2.45) is 5.92 Å². The molecule has 5 nitrogen and oxygen atoms in total. The number of anilines is 1. The molecule has 1 aliphatic heterocycles. The summed E-state index contributed by atoms with van der Waals surface area (Å²) in [7, 11) is 0. The number of hydrogen-bond acceptors (Lipinski definition) is 4. The van der Waals surface area contributed by atoms with E-state index in [1.54, 1.807) is 11.3 Å². The summed E-state index contributed by atoms with van der Waals surface area (Å²) in [6.45, 7) is 8.37. The number of carbonyl (C=O) groups excluding carboxylic acids is 1. The Hall–Kier alpha value is -1.21. The Morgan fingerprint density at radius 3 is 2.95 bits per heavy atom. The lowest BCUT2D eigenvalue weighted by atomic mass is 10.1. The van der Waals surface area contributed by atoms with Crippen LogP contribution in [0.15, 0.2) is 0 Å². The third-order valence-electron chi connectivity index (χ3n) is 3.22. The first-order chi connectivity index (χ1) is 9.99. The van der Waals surface area contributed by atoms with Gasteiger partial charge < -0.3 is 15.5 Å². The maximum Gasteiger partial charge on any atom is 0.223 e. The lowest BCUT2D eigenvalue weighted by Gasteiger charge is -2.26. The number of thiazole rings is 1. The zero-order valence-corrected chi connectivity index (χ0v) is 14.4. The van der Waals surface area contributed by atoms with Crippen molar-refractivity contribution in [3.63, 3.8) is 0 Å². The van der Waals surface area contributed by atoms with Crippen LogP contribution in [0, 0.1) is 5.92 Å². The molecule has 0 aromatic carbocycles. The first-order valence-electron chi connectivity index (χ1n) is 7.30. The van der Waals surface area contributed by atoms with Gasteiger partial charge in [0.1, 0.15) is 0 Å². The molecule has 0 atom stereocenters. The van der Waals surface area contributed by atoms with Crippen molar-refractivity contribution < 1.29 is 4.79 Å². The Morgan fingerprint density at radius 2 is 2.29 bits per heavy atom. The maximum absolute atomic E-state index is 12.2. The molecule has 0 bridgehead atoms. The van der Waals surface area contributed by atoms with Gasteiger partial charge in [0, 0.05) is 30.8 Å². The molecule has 1 aliphatic rings. The molecule has 1 aromatic rings. The summed E-state index contributed by atoms with van der Waals surface area (Å²) in [5, 5.41) is 7.55. The number of thiocarbonyl (C=S) groups is 1. The fraction of sp³-hybridized carbons (Fsp3) is 0.643. The van der Waals surface area contributed by atoms with Gasteiger partial charge in [-0.25, -0.2) is 4.98 Å². The van der Waals surface area contributed by atoms with Gasteiger partial charge in [-0.1, -0.05) is 25.2 Å². The van der Waals surface area contributed by atoms with E-state index in [1.165, 1.54) is 4.88 Å². The van der Waals surface area contributed by atoms with E-state index in [0.29, 0.717) is 24.0 Å². The Morgan fingerprint density at radius 1 is 1.52 bits per heavy atom. The smallest absolute Gasteiger partial charge is 0.223 e. The third kappa shape index (κ3) is 4.38. The highest BCUT2D eigenvalue weighted by Crippen LogP contribution is 2.28. The monoisotopic (exact) mass is 326 g/mol. The molecule has 0 radical (unpaired) electrons. The van der Waals surface area contributed by atoms with Crippen LogP contribution in [0.4, 0.5) is 5.13 Å². The molecule has 21 heavy (non-hydrogen) atoms. The fourth-order valence-electron chi connectivity index (χ4n) is 2.24. The van der Waals surface area contributed by atoms with Crippen molar-refractivity contribution in [1.29, 1.82) is 0 Å². The van der Waals surface area contributed by atoms with Crippen molar-refractivity contribution in [2.45, 2.75) is 40.2 Å². The fourth-order valence-corrected chi connectivity index (χ4v) is 3.58.